The maximum atomic E-state index is 7.63. The Balaban J connectivity index is 1.05. The molecule has 4 aliphatic rings. The third-order valence-corrected chi connectivity index (χ3v) is 17.5. The number of nitrogens with zero attached hydrogens (tertiary/aromatic N) is 3. The molecule has 12 aromatic rings. The Morgan fingerprint density at radius 1 is 0.333 bits per heavy atom. The fraction of sp³-hybridized carbons (Fsp3) is 0.130. The largest absolute Gasteiger partial charge is 0.458 e. The van der Waals surface area contributed by atoms with Crippen LogP contribution in [0.1, 0.15) is 50.1 Å². The van der Waals surface area contributed by atoms with Crippen molar-refractivity contribution in [3.05, 3.63) is 208 Å². The first kappa shape index (κ1) is 43.0. The molecule has 4 aliphatic heterocycles. The van der Waals surface area contributed by atoms with Gasteiger partial charge in [0.15, 0.2) is 0 Å². The molecule has 0 atom stereocenters. The zero-order valence-electron chi connectivity index (χ0n) is 43.9. The van der Waals surface area contributed by atoms with Gasteiger partial charge in [-0.3, -0.25) is 0 Å². The van der Waals surface area contributed by atoms with E-state index in [1.165, 1.54) is 166 Å². The van der Waals surface area contributed by atoms with Crippen LogP contribution in [0.5, 0.6) is 11.5 Å². The SMILES string of the molecule is Cc1ccc(N2c3cc4c(cc3B3c5c2cc(-c2cc(C)ccc2C)cc5-n2c5ccc(C)cc5c5cc(C)cc3c52)B2c3c(cc(-c5cc(C)ccc5C)cc3-n3c5ccc(C)cc5c5cc(C)cc2c53)O4)cc1. The van der Waals surface area contributed by atoms with E-state index in [9.17, 15) is 0 Å². The Hall–Kier alpha value is -8.47. The topological polar surface area (TPSA) is 22.3 Å². The Kier molecular flexibility index (Phi) is 8.51. The third-order valence-electron chi connectivity index (χ3n) is 17.5. The van der Waals surface area contributed by atoms with Gasteiger partial charge in [0.1, 0.15) is 11.5 Å². The molecule has 0 unspecified atom stereocenters. The summed E-state index contributed by atoms with van der Waals surface area (Å²) in [6.45, 7) is 20.0. The van der Waals surface area contributed by atoms with Crippen LogP contribution in [-0.4, -0.2) is 22.6 Å². The van der Waals surface area contributed by atoms with Crippen LogP contribution in [0.4, 0.5) is 17.1 Å². The molecule has 0 radical (unpaired) electrons. The van der Waals surface area contributed by atoms with Gasteiger partial charge in [0.2, 0.25) is 0 Å². The lowest BCUT2D eigenvalue weighted by Crippen LogP contribution is -2.63. The summed E-state index contributed by atoms with van der Waals surface area (Å²) < 4.78 is 12.8. The van der Waals surface area contributed by atoms with Crippen LogP contribution >= 0.6 is 0 Å². The van der Waals surface area contributed by atoms with Gasteiger partial charge < -0.3 is 18.8 Å². The zero-order chi connectivity index (χ0) is 50.6. The minimum atomic E-state index is -0.0760. The van der Waals surface area contributed by atoms with Crippen molar-refractivity contribution in [2.75, 3.05) is 4.90 Å². The van der Waals surface area contributed by atoms with E-state index in [2.05, 4.69) is 234 Å². The van der Waals surface area contributed by atoms with E-state index in [1.54, 1.807) is 0 Å². The summed E-state index contributed by atoms with van der Waals surface area (Å²) in [5.41, 5.74) is 34.9. The molecule has 0 amide bonds. The van der Waals surface area contributed by atoms with Crippen molar-refractivity contribution in [2.45, 2.75) is 62.3 Å². The lowest BCUT2D eigenvalue weighted by molar-refractivity contribution is 0.487. The first-order valence-corrected chi connectivity index (χ1v) is 26.7. The van der Waals surface area contributed by atoms with Crippen LogP contribution in [-0.2, 0) is 0 Å². The fourth-order valence-corrected chi connectivity index (χ4v) is 14.2. The number of hydrogen-bond donors (Lipinski definition) is 0. The monoisotopic (exact) mass is 961 g/mol. The van der Waals surface area contributed by atoms with Crippen molar-refractivity contribution in [1.29, 1.82) is 0 Å². The maximum absolute atomic E-state index is 7.63. The van der Waals surface area contributed by atoms with Crippen molar-refractivity contribution < 1.29 is 4.74 Å². The van der Waals surface area contributed by atoms with Crippen LogP contribution in [0.15, 0.2) is 158 Å². The van der Waals surface area contributed by atoms with Crippen molar-refractivity contribution in [3.8, 4) is 45.1 Å². The Bertz CT molecular complexity index is 4630. The van der Waals surface area contributed by atoms with Crippen molar-refractivity contribution >= 4 is 107 Å². The molecule has 6 heteroatoms. The molecule has 2 aromatic heterocycles. The molecule has 0 bridgehead atoms. The molecular formula is C69H53B2N3O. The minimum Gasteiger partial charge on any atom is -0.458 e. The Morgan fingerprint density at radius 3 is 1.40 bits per heavy atom. The fourth-order valence-electron chi connectivity index (χ4n) is 14.2. The van der Waals surface area contributed by atoms with Crippen LogP contribution in [0.2, 0.25) is 0 Å². The van der Waals surface area contributed by atoms with E-state index >= 15 is 0 Å². The molecule has 0 spiro atoms. The Labute approximate surface area is 438 Å². The average molecular weight is 962 g/mol. The van der Waals surface area contributed by atoms with Gasteiger partial charge in [-0.15, -0.1) is 0 Å². The summed E-state index contributed by atoms with van der Waals surface area (Å²) in [6, 6.07) is 61.5. The summed E-state index contributed by atoms with van der Waals surface area (Å²) >= 11 is 0. The van der Waals surface area contributed by atoms with Crippen LogP contribution < -0.4 is 42.4 Å². The highest BCUT2D eigenvalue weighted by atomic mass is 16.5. The molecule has 356 valence electrons. The van der Waals surface area contributed by atoms with Gasteiger partial charge in [0.05, 0.1) is 11.0 Å². The standard InChI is InChI=1S/C69H53B2N3O/c1-36-12-18-47(19-13-36)72-60-35-64-55(71-57-29-42(7)27-53-51-25-40(5)15-21-59(51)74(69(53)57)63-32-46(33-65(75-64)67(63)71)49-23-38(3)11-17-44(49)9)34-54(60)70-56-28-41(6)26-52-50-24-39(4)14-20-58(50)73(68(52)56)62-31-45(30-61(72)66(62)70)48-22-37(2)10-16-43(48)8/h10-35H,1-9H3. The predicted molar refractivity (Wildman–Crippen MR) is 319 cm³/mol. The van der Waals surface area contributed by atoms with Crippen LogP contribution in [0.3, 0.4) is 0 Å². The van der Waals surface area contributed by atoms with Gasteiger partial charge >= 0.3 is 0 Å². The number of benzene rings is 10. The molecule has 75 heavy (non-hydrogen) atoms. The number of hydrogen-bond acceptors (Lipinski definition) is 2. The number of anilines is 3. The Morgan fingerprint density at radius 2 is 0.813 bits per heavy atom. The summed E-state index contributed by atoms with van der Waals surface area (Å²) in [5.74, 6) is 1.83. The quantitative estimate of drug-likeness (QED) is 0.165. The molecule has 0 saturated heterocycles. The first-order valence-electron chi connectivity index (χ1n) is 26.7. The highest BCUT2D eigenvalue weighted by Crippen LogP contribution is 2.47. The normalized spacial score (nSPS) is 13.4. The smallest absolute Gasteiger partial charge is 0.256 e. The van der Waals surface area contributed by atoms with E-state index in [-0.39, 0.29) is 13.4 Å². The highest BCUT2D eigenvalue weighted by Gasteiger charge is 2.47. The van der Waals surface area contributed by atoms with Gasteiger partial charge in [-0.1, -0.05) is 118 Å². The molecular weight excluding hydrogens is 908 g/mol. The van der Waals surface area contributed by atoms with Crippen molar-refractivity contribution in [1.82, 2.24) is 9.13 Å². The maximum Gasteiger partial charge on any atom is 0.256 e. The molecule has 0 aliphatic carbocycles. The van der Waals surface area contributed by atoms with E-state index in [0.717, 1.165) is 22.9 Å². The first-order chi connectivity index (χ1) is 36.3. The summed E-state index contributed by atoms with van der Waals surface area (Å²) in [6.07, 6.45) is 0. The van der Waals surface area contributed by atoms with Gasteiger partial charge in [-0.05, 0) is 201 Å². The highest BCUT2D eigenvalue weighted by molar-refractivity contribution is 7.02. The molecule has 0 fully saturated rings. The summed E-state index contributed by atoms with van der Waals surface area (Å²) in [7, 11) is 0. The lowest BCUT2D eigenvalue weighted by Gasteiger charge is -2.42. The van der Waals surface area contributed by atoms with E-state index < -0.39 is 0 Å². The molecule has 16 rings (SSSR count). The summed E-state index contributed by atoms with van der Waals surface area (Å²) in [5, 5.41) is 5.21. The van der Waals surface area contributed by atoms with Crippen LogP contribution in [0, 0.1) is 62.3 Å². The second kappa shape index (κ2) is 14.9. The second-order valence-electron chi connectivity index (χ2n) is 22.8. The summed E-state index contributed by atoms with van der Waals surface area (Å²) in [4.78, 5) is 2.57. The van der Waals surface area contributed by atoms with Gasteiger partial charge in [0, 0.05) is 67.1 Å². The van der Waals surface area contributed by atoms with Crippen molar-refractivity contribution in [3.63, 3.8) is 0 Å². The molecule has 4 nitrogen and oxygen atoms in total. The minimum absolute atomic E-state index is 0.0620. The van der Waals surface area contributed by atoms with Gasteiger partial charge in [-0.2, -0.15) is 0 Å². The number of ether oxygens (including phenoxy) is 1. The van der Waals surface area contributed by atoms with Gasteiger partial charge in [0.25, 0.3) is 13.4 Å². The number of fused-ring (bicyclic) bond motifs is 14. The number of rotatable bonds is 3. The predicted octanol–water partition coefficient (Wildman–Crippen LogP) is 13.5. The lowest BCUT2D eigenvalue weighted by atomic mass is 9.31. The van der Waals surface area contributed by atoms with Crippen LogP contribution in [0.25, 0.3) is 77.2 Å². The molecule has 6 heterocycles. The zero-order valence-corrected chi connectivity index (χ0v) is 43.9. The number of aryl methyl sites for hydroxylation is 9. The second-order valence-corrected chi connectivity index (χ2v) is 22.8. The molecule has 10 aromatic carbocycles. The third kappa shape index (κ3) is 5.80. The van der Waals surface area contributed by atoms with Crippen molar-refractivity contribution in [2.24, 2.45) is 0 Å². The average Bonchev–Trinajstić information content (AvgIpc) is 3.96. The molecule has 0 N–H and O–H groups in total. The molecule has 0 saturated carbocycles. The van der Waals surface area contributed by atoms with E-state index in [4.69, 9.17) is 4.74 Å². The number of aromatic nitrogens is 2. The van der Waals surface area contributed by atoms with E-state index in [1.807, 2.05) is 0 Å². The van der Waals surface area contributed by atoms with E-state index in [0.29, 0.717) is 0 Å². The van der Waals surface area contributed by atoms with Gasteiger partial charge in [-0.25, -0.2) is 0 Å².